The number of benzene rings is 1. The van der Waals surface area contributed by atoms with Gasteiger partial charge >= 0.3 is 0 Å². The molecule has 1 aromatic carbocycles. The van der Waals surface area contributed by atoms with Crippen molar-refractivity contribution >= 4 is 11.6 Å². The number of anilines is 1. The van der Waals surface area contributed by atoms with Crippen LogP contribution in [-0.4, -0.2) is 41.9 Å². The number of aryl methyl sites for hydroxylation is 2. The summed E-state index contributed by atoms with van der Waals surface area (Å²) in [6.45, 7) is 5.48. The maximum absolute atomic E-state index is 12.7. The van der Waals surface area contributed by atoms with Gasteiger partial charge in [-0.3, -0.25) is 4.79 Å². The predicted octanol–water partition coefficient (Wildman–Crippen LogP) is 2.67. The van der Waals surface area contributed by atoms with Gasteiger partial charge in [-0.15, -0.1) is 0 Å². The third-order valence-corrected chi connectivity index (χ3v) is 5.03. The highest BCUT2D eigenvalue weighted by atomic mass is 16.7. The molecule has 1 atom stereocenters. The minimum absolute atomic E-state index is 0.122. The number of nitrogens with one attached hydrogen (secondary N) is 1. The Labute approximate surface area is 152 Å². The van der Waals surface area contributed by atoms with Crippen LogP contribution in [0.15, 0.2) is 22.7 Å². The van der Waals surface area contributed by atoms with Crippen molar-refractivity contribution in [2.45, 2.75) is 39.2 Å². The predicted molar refractivity (Wildman–Crippen MR) is 95.5 cm³/mol. The molecule has 1 aromatic heterocycles. The molecule has 1 fully saturated rings. The Bertz CT molecular complexity index is 798. The van der Waals surface area contributed by atoms with Crippen LogP contribution in [0.2, 0.25) is 0 Å². The number of ether oxygens (including phenoxy) is 2. The zero-order valence-corrected chi connectivity index (χ0v) is 15.1. The SMILES string of the molecule is Cc1noc(C)c1CC(=O)N1CCCC(Nc2ccc3c(c2)OCO3)C1. The second-order valence-electron chi connectivity index (χ2n) is 6.87. The summed E-state index contributed by atoms with van der Waals surface area (Å²) in [6, 6.07) is 6.07. The fraction of sp³-hybridized carbons (Fsp3) is 0.474. The number of aromatic nitrogens is 1. The Morgan fingerprint density at radius 3 is 2.96 bits per heavy atom. The third kappa shape index (κ3) is 3.34. The van der Waals surface area contributed by atoms with Gasteiger partial charge in [0.25, 0.3) is 0 Å². The molecule has 0 saturated carbocycles. The van der Waals surface area contributed by atoms with Crippen molar-refractivity contribution in [2.75, 3.05) is 25.2 Å². The van der Waals surface area contributed by atoms with Crippen molar-refractivity contribution in [3.8, 4) is 11.5 Å². The lowest BCUT2D eigenvalue weighted by Crippen LogP contribution is -2.45. The molecule has 7 heteroatoms. The van der Waals surface area contributed by atoms with Crippen molar-refractivity contribution in [3.63, 3.8) is 0 Å². The number of piperidine rings is 1. The minimum Gasteiger partial charge on any atom is -0.454 e. The van der Waals surface area contributed by atoms with E-state index in [4.69, 9.17) is 14.0 Å². The van der Waals surface area contributed by atoms with Crippen molar-refractivity contribution < 1.29 is 18.8 Å². The van der Waals surface area contributed by atoms with E-state index in [1.54, 1.807) is 0 Å². The highest BCUT2D eigenvalue weighted by molar-refractivity contribution is 5.79. The number of nitrogens with zero attached hydrogens (tertiary/aromatic N) is 2. The van der Waals surface area contributed by atoms with Gasteiger partial charge in [0.1, 0.15) is 5.76 Å². The Hall–Kier alpha value is -2.70. The summed E-state index contributed by atoms with van der Waals surface area (Å²) in [4.78, 5) is 14.6. The molecule has 0 radical (unpaired) electrons. The summed E-state index contributed by atoms with van der Waals surface area (Å²) in [5.41, 5.74) is 2.68. The van der Waals surface area contributed by atoms with Crippen LogP contribution in [0.5, 0.6) is 11.5 Å². The lowest BCUT2D eigenvalue weighted by molar-refractivity contribution is -0.131. The van der Waals surface area contributed by atoms with Gasteiger partial charge in [-0.25, -0.2) is 0 Å². The molecule has 26 heavy (non-hydrogen) atoms. The van der Waals surface area contributed by atoms with Gasteiger partial charge < -0.3 is 24.2 Å². The number of rotatable bonds is 4. The van der Waals surface area contributed by atoms with Crippen LogP contribution in [0, 0.1) is 13.8 Å². The smallest absolute Gasteiger partial charge is 0.231 e. The molecule has 0 spiro atoms. The lowest BCUT2D eigenvalue weighted by atomic mass is 10.0. The van der Waals surface area contributed by atoms with E-state index in [0.29, 0.717) is 13.0 Å². The van der Waals surface area contributed by atoms with Crippen molar-refractivity contribution in [1.82, 2.24) is 10.1 Å². The quantitative estimate of drug-likeness (QED) is 0.907. The minimum atomic E-state index is 0.122. The van der Waals surface area contributed by atoms with Gasteiger partial charge in [-0.2, -0.15) is 0 Å². The molecular formula is C19H23N3O4. The van der Waals surface area contributed by atoms with Crippen molar-refractivity contribution in [1.29, 1.82) is 0 Å². The summed E-state index contributed by atoms with van der Waals surface area (Å²) < 4.78 is 15.9. The summed E-state index contributed by atoms with van der Waals surface area (Å²) in [7, 11) is 0. The first kappa shape index (κ1) is 16.8. The number of hydrogen-bond acceptors (Lipinski definition) is 6. The third-order valence-electron chi connectivity index (χ3n) is 5.03. The maximum atomic E-state index is 12.7. The molecule has 1 saturated heterocycles. The molecule has 3 heterocycles. The van der Waals surface area contributed by atoms with Crippen LogP contribution in [0.25, 0.3) is 0 Å². The summed E-state index contributed by atoms with van der Waals surface area (Å²) in [5, 5.41) is 7.45. The number of carbonyl (C=O) groups is 1. The monoisotopic (exact) mass is 357 g/mol. The zero-order valence-electron chi connectivity index (χ0n) is 15.1. The number of carbonyl (C=O) groups excluding carboxylic acids is 1. The van der Waals surface area contributed by atoms with E-state index in [1.165, 1.54) is 0 Å². The molecule has 1 amide bonds. The number of fused-ring (bicyclic) bond motifs is 1. The fourth-order valence-corrected chi connectivity index (χ4v) is 3.56. The van der Waals surface area contributed by atoms with E-state index < -0.39 is 0 Å². The number of likely N-dealkylation sites (tertiary alicyclic amines) is 1. The molecule has 1 N–H and O–H groups in total. The van der Waals surface area contributed by atoms with Crippen molar-refractivity contribution in [3.05, 3.63) is 35.2 Å². The first-order valence-corrected chi connectivity index (χ1v) is 8.96. The van der Waals surface area contributed by atoms with E-state index in [-0.39, 0.29) is 18.7 Å². The average molecular weight is 357 g/mol. The summed E-state index contributed by atoms with van der Waals surface area (Å²) in [5.74, 6) is 2.38. The standard InChI is InChI=1S/C19H23N3O4/c1-12-16(13(2)26-21-12)9-19(23)22-7-3-4-15(10-22)20-14-5-6-17-18(8-14)25-11-24-17/h5-6,8,15,20H,3-4,7,9-11H2,1-2H3. The highest BCUT2D eigenvalue weighted by Gasteiger charge is 2.25. The van der Waals surface area contributed by atoms with Crippen LogP contribution in [0.3, 0.4) is 0 Å². The first-order chi connectivity index (χ1) is 12.6. The lowest BCUT2D eigenvalue weighted by Gasteiger charge is -2.33. The highest BCUT2D eigenvalue weighted by Crippen LogP contribution is 2.34. The van der Waals surface area contributed by atoms with E-state index in [2.05, 4.69) is 10.5 Å². The number of amides is 1. The second-order valence-corrected chi connectivity index (χ2v) is 6.87. The maximum Gasteiger partial charge on any atom is 0.231 e. The Balaban J connectivity index is 1.38. The van der Waals surface area contributed by atoms with Crippen LogP contribution < -0.4 is 14.8 Å². The van der Waals surface area contributed by atoms with Gasteiger partial charge in [-0.05, 0) is 38.8 Å². The summed E-state index contributed by atoms with van der Waals surface area (Å²) >= 11 is 0. The molecule has 2 aromatic rings. The zero-order chi connectivity index (χ0) is 18.1. The topological polar surface area (TPSA) is 76.8 Å². The van der Waals surface area contributed by atoms with Crippen LogP contribution in [0.4, 0.5) is 5.69 Å². The molecule has 0 bridgehead atoms. The summed E-state index contributed by atoms with van der Waals surface area (Å²) in [6.07, 6.45) is 2.36. The molecule has 2 aliphatic rings. The van der Waals surface area contributed by atoms with E-state index >= 15 is 0 Å². The normalized spacial score (nSPS) is 18.8. The van der Waals surface area contributed by atoms with Gasteiger partial charge in [0, 0.05) is 36.4 Å². The van der Waals surface area contributed by atoms with Crippen LogP contribution >= 0.6 is 0 Å². The molecule has 0 aliphatic carbocycles. The van der Waals surface area contributed by atoms with Crippen molar-refractivity contribution in [2.24, 2.45) is 0 Å². The molecule has 2 aliphatic heterocycles. The molecule has 4 rings (SSSR count). The van der Waals surface area contributed by atoms with E-state index in [1.807, 2.05) is 36.9 Å². The van der Waals surface area contributed by atoms with Gasteiger partial charge in [-0.1, -0.05) is 5.16 Å². The van der Waals surface area contributed by atoms with Gasteiger partial charge in [0.05, 0.1) is 12.1 Å². The molecular weight excluding hydrogens is 334 g/mol. The average Bonchev–Trinajstić information content (AvgIpc) is 3.23. The Morgan fingerprint density at radius 2 is 2.15 bits per heavy atom. The molecule has 138 valence electrons. The van der Waals surface area contributed by atoms with Gasteiger partial charge in [0.2, 0.25) is 12.7 Å². The van der Waals surface area contributed by atoms with Crippen LogP contribution in [0.1, 0.15) is 29.9 Å². The van der Waals surface area contributed by atoms with Crippen LogP contribution in [-0.2, 0) is 11.2 Å². The Kier molecular flexibility index (Phi) is 4.44. The second kappa shape index (κ2) is 6.90. The van der Waals surface area contributed by atoms with E-state index in [9.17, 15) is 4.79 Å². The van der Waals surface area contributed by atoms with Gasteiger partial charge in [0.15, 0.2) is 11.5 Å². The largest absolute Gasteiger partial charge is 0.454 e. The molecule has 1 unspecified atom stereocenters. The molecule has 7 nitrogen and oxygen atoms in total. The number of hydrogen-bond donors (Lipinski definition) is 1. The van der Waals surface area contributed by atoms with E-state index in [0.717, 1.165) is 53.6 Å². The first-order valence-electron chi connectivity index (χ1n) is 8.96. The fourth-order valence-electron chi connectivity index (χ4n) is 3.56. The Morgan fingerprint density at radius 1 is 1.31 bits per heavy atom.